The Hall–Kier alpha value is -2.26. The number of aromatic nitrogens is 2. The van der Waals surface area contributed by atoms with Gasteiger partial charge in [0, 0.05) is 4.47 Å². The number of anilines is 3. The number of nitro groups is 1. The number of hydrazine groups is 1. The zero-order valence-electron chi connectivity index (χ0n) is 9.50. The fraction of sp³-hybridized carbons (Fsp3) is 0. The Morgan fingerprint density at radius 3 is 2.74 bits per heavy atom. The Balaban J connectivity index is 2.43. The summed E-state index contributed by atoms with van der Waals surface area (Å²) in [5.41, 5.74) is 2.64. The van der Waals surface area contributed by atoms with Gasteiger partial charge in [-0.2, -0.15) is 4.98 Å². The topological polar surface area (TPSA) is 119 Å². The second kappa shape index (κ2) is 5.59. The summed E-state index contributed by atoms with van der Waals surface area (Å²) in [6, 6.07) is 7.18. The van der Waals surface area contributed by atoms with Crippen LogP contribution in [0.15, 0.2) is 34.9 Å². The van der Waals surface area contributed by atoms with E-state index in [2.05, 4.69) is 36.6 Å². The molecule has 2 rings (SSSR count). The Morgan fingerprint density at radius 1 is 1.37 bits per heavy atom. The van der Waals surface area contributed by atoms with Crippen molar-refractivity contribution in [2.45, 2.75) is 0 Å². The van der Waals surface area contributed by atoms with Crippen molar-refractivity contribution < 1.29 is 4.92 Å². The standard InChI is InChI=1S/C10H9BrN6O2/c11-6-3-1-2-4-7(6)14-9-8(17(18)19)5-13-10(15-9)16-12/h1-5H,12H2,(H2,13,14,15,16). The van der Waals surface area contributed by atoms with Crippen LogP contribution in [0.4, 0.5) is 23.1 Å². The summed E-state index contributed by atoms with van der Waals surface area (Å²) < 4.78 is 0.755. The predicted octanol–water partition coefficient (Wildman–Crippen LogP) is 2.18. The molecule has 8 nitrogen and oxygen atoms in total. The van der Waals surface area contributed by atoms with Crippen LogP contribution < -0.4 is 16.6 Å². The molecule has 0 saturated heterocycles. The number of benzene rings is 1. The maximum Gasteiger partial charge on any atom is 0.329 e. The SMILES string of the molecule is NNc1ncc([N+](=O)[O-])c(Nc2ccccc2Br)n1. The van der Waals surface area contributed by atoms with E-state index in [0.717, 1.165) is 10.7 Å². The van der Waals surface area contributed by atoms with Crippen molar-refractivity contribution in [3.63, 3.8) is 0 Å². The third-order valence-corrected chi connectivity index (χ3v) is 2.91. The molecule has 1 heterocycles. The van der Waals surface area contributed by atoms with Crippen LogP contribution in [-0.2, 0) is 0 Å². The van der Waals surface area contributed by atoms with E-state index in [4.69, 9.17) is 5.84 Å². The molecule has 0 atom stereocenters. The quantitative estimate of drug-likeness (QED) is 0.448. The highest BCUT2D eigenvalue weighted by molar-refractivity contribution is 9.10. The van der Waals surface area contributed by atoms with E-state index in [1.165, 1.54) is 0 Å². The molecule has 0 unspecified atom stereocenters. The minimum absolute atomic E-state index is 0.0554. The van der Waals surface area contributed by atoms with E-state index in [1.807, 2.05) is 6.07 Å². The van der Waals surface area contributed by atoms with Crippen molar-refractivity contribution in [1.82, 2.24) is 9.97 Å². The number of nitrogens with two attached hydrogens (primary N) is 1. The molecule has 0 fully saturated rings. The maximum atomic E-state index is 10.9. The Morgan fingerprint density at radius 2 is 2.11 bits per heavy atom. The lowest BCUT2D eigenvalue weighted by Crippen LogP contribution is -2.12. The van der Waals surface area contributed by atoms with Crippen LogP contribution in [0, 0.1) is 10.1 Å². The smallest absolute Gasteiger partial charge is 0.329 e. The molecule has 0 amide bonds. The first-order valence-corrected chi connectivity index (χ1v) is 5.90. The third kappa shape index (κ3) is 2.95. The summed E-state index contributed by atoms with van der Waals surface area (Å²) in [6.07, 6.45) is 1.08. The Labute approximate surface area is 116 Å². The van der Waals surface area contributed by atoms with E-state index in [1.54, 1.807) is 18.2 Å². The summed E-state index contributed by atoms with van der Waals surface area (Å²) in [7, 11) is 0. The van der Waals surface area contributed by atoms with Crippen LogP contribution in [-0.4, -0.2) is 14.9 Å². The van der Waals surface area contributed by atoms with Crippen molar-refractivity contribution in [2.75, 3.05) is 10.7 Å². The molecule has 0 aliphatic heterocycles. The largest absolute Gasteiger partial charge is 0.333 e. The predicted molar refractivity (Wildman–Crippen MR) is 73.9 cm³/mol. The number of halogens is 1. The van der Waals surface area contributed by atoms with Crippen LogP contribution in [0.3, 0.4) is 0 Å². The highest BCUT2D eigenvalue weighted by Gasteiger charge is 2.17. The van der Waals surface area contributed by atoms with Gasteiger partial charge < -0.3 is 5.32 Å². The molecule has 0 aliphatic rings. The molecular formula is C10H9BrN6O2. The van der Waals surface area contributed by atoms with Crippen molar-refractivity contribution >= 4 is 39.1 Å². The fourth-order valence-corrected chi connectivity index (χ4v) is 1.74. The van der Waals surface area contributed by atoms with Gasteiger partial charge in [-0.1, -0.05) is 12.1 Å². The van der Waals surface area contributed by atoms with Gasteiger partial charge in [0.05, 0.1) is 10.6 Å². The van der Waals surface area contributed by atoms with E-state index in [0.29, 0.717) is 5.69 Å². The minimum Gasteiger partial charge on any atom is -0.333 e. The summed E-state index contributed by atoms with van der Waals surface area (Å²) in [4.78, 5) is 18.0. The molecule has 19 heavy (non-hydrogen) atoms. The molecule has 0 bridgehead atoms. The van der Waals surface area contributed by atoms with Crippen LogP contribution in [0.25, 0.3) is 0 Å². The number of hydrogen-bond donors (Lipinski definition) is 3. The van der Waals surface area contributed by atoms with Crippen LogP contribution in [0.5, 0.6) is 0 Å². The number of nitrogens with zero attached hydrogens (tertiary/aromatic N) is 3. The Kier molecular flexibility index (Phi) is 3.88. The lowest BCUT2D eigenvalue weighted by atomic mass is 10.3. The molecule has 0 spiro atoms. The molecule has 0 aliphatic carbocycles. The highest BCUT2D eigenvalue weighted by Crippen LogP contribution is 2.29. The summed E-state index contributed by atoms with van der Waals surface area (Å²) in [5.74, 6) is 5.33. The molecule has 9 heteroatoms. The number of rotatable bonds is 4. The van der Waals surface area contributed by atoms with Gasteiger partial charge in [0.2, 0.25) is 11.8 Å². The Bertz CT molecular complexity index is 621. The lowest BCUT2D eigenvalue weighted by molar-refractivity contribution is -0.384. The summed E-state index contributed by atoms with van der Waals surface area (Å²) >= 11 is 3.33. The monoisotopic (exact) mass is 324 g/mol. The summed E-state index contributed by atoms with van der Waals surface area (Å²) in [6.45, 7) is 0. The van der Waals surface area contributed by atoms with E-state index in [9.17, 15) is 10.1 Å². The fourth-order valence-electron chi connectivity index (χ4n) is 1.36. The van der Waals surface area contributed by atoms with Crippen molar-refractivity contribution in [2.24, 2.45) is 5.84 Å². The number of nitrogens with one attached hydrogen (secondary N) is 2. The molecular weight excluding hydrogens is 316 g/mol. The van der Waals surface area contributed by atoms with Crippen LogP contribution in [0.2, 0.25) is 0 Å². The van der Waals surface area contributed by atoms with Gasteiger partial charge in [-0.3, -0.25) is 15.5 Å². The van der Waals surface area contributed by atoms with Gasteiger partial charge in [0.25, 0.3) is 0 Å². The van der Waals surface area contributed by atoms with Gasteiger partial charge in [0.1, 0.15) is 6.20 Å². The van der Waals surface area contributed by atoms with Gasteiger partial charge in [-0.05, 0) is 28.1 Å². The van der Waals surface area contributed by atoms with Gasteiger partial charge in [-0.25, -0.2) is 10.8 Å². The normalized spacial score (nSPS) is 10.0. The molecule has 0 radical (unpaired) electrons. The van der Waals surface area contributed by atoms with Crippen LogP contribution >= 0.6 is 15.9 Å². The number of hydrogen-bond acceptors (Lipinski definition) is 7. The molecule has 98 valence electrons. The average Bonchev–Trinajstić information content (AvgIpc) is 2.41. The zero-order valence-corrected chi connectivity index (χ0v) is 11.1. The first kappa shape index (κ1) is 13.2. The van der Waals surface area contributed by atoms with E-state index in [-0.39, 0.29) is 17.5 Å². The third-order valence-electron chi connectivity index (χ3n) is 2.22. The maximum absolute atomic E-state index is 10.9. The molecule has 2 aromatic rings. The average molecular weight is 325 g/mol. The van der Waals surface area contributed by atoms with Crippen molar-refractivity contribution in [3.8, 4) is 0 Å². The zero-order chi connectivity index (χ0) is 13.8. The van der Waals surface area contributed by atoms with Gasteiger partial charge >= 0.3 is 5.69 Å². The number of para-hydroxylation sites is 1. The lowest BCUT2D eigenvalue weighted by Gasteiger charge is -2.08. The second-order valence-electron chi connectivity index (χ2n) is 3.43. The molecule has 0 saturated carbocycles. The molecule has 1 aromatic carbocycles. The first-order chi connectivity index (χ1) is 9.11. The minimum atomic E-state index is -0.570. The van der Waals surface area contributed by atoms with Crippen LogP contribution in [0.1, 0.15) is 0 Å². The molecule has 1 aromatic heterocycles. The van der Waals surface area contributed by atoms with Crippen molar-refractivity contribution in [1.29, 1.82) is 0 Å². The second-order valence-corrected chi connectivity index (χ2v) is 4.29. The van der Waals surface area contributed by atoms with Gasteiger partial charge in [-0.15, -0.1) is 0 Å². The highest BCUT2D eigenvalue weighted by atomic mass is 79.9. The number of nitrogen functional groups attached to an aromatic ring is 1. The summed E-state index contributed by atoms with van der Waals surface area (Å²) in [5, 5.41) is 13.8. The van der Waals surface area contributed by atoms with E-state index >= 15 is 0 Å². The first-order valence-electron chi connectivity index (χ1n) is 5.11. The van der Waals surface area contributed by atoms with Crippen molar-refractivity contribution in [3.05, 3.63) is 45.0 Å². The molecule has 4 N–H and O–H groups in total. The van der Waals surface area contributed by atoms with Gasteiger partial charge in [0.15, 0.2) is 0 Å². The van der Waals surface area contributed by atoms with E-state index < -0.39 is 4.92 Å².